The number of nitrogens with zero attached hydrogens (tertiary/aromatic N) is 2. The monoisotopic (exact) mass is 341 g/mol. The number of aliphatic hydroxyl groups excluding tert-OH is 1. The van der Waals surface area contributed by atoms with Gasteiger partial charge in [-0.25, -0.2) is 5.90 Å². The Kier molecular flexibility index (Phi) is 6.55. The average molecular weight is 341 g/mol. The van der Waals surface area contributed by atoms with Crippen LogP contribution in [0.25, 0.3) is 0 Å². The molecule has 0 aromatic heterocycles. The summed E-state index contributed by atoms with van der Waals surface area (Å²) in [5, 5.41) is 9.87. The second-order valence-corrected chi connectivity index (χ2v) is 6.55. The van der Waals surface area contributed by atoms with Gasteiger partial charge in [0.1, 0.15) is 0 Å². The first kappa shape index (κ1) is 18.0. The van der Waals surface area contributed by atoms with Gasteiger partial charge in [-0.05, 0) is 11.1 Å². The van der Waals surface area contributed by atoms with Crippen LogP contribution in [0.5, 0.6) is 0 Å². The molecule has 0 saturated carbocycles. The lowest BCUT2D eigenvalue weighted by atomic mass is 9.96. The zero-order valence-electron chi connectivity index (χ0n) is 14.5. The molecular formula is C20H27N3O2. The molecule has 5 heteroatoms. The number of hydrogen-bond acceptors (Lipinski definition) is 5. The lowest BCUT2D eigenvalue weighted by Crippen LogP contribution is -2.50. The molecule has 1 heterocycles. The summed E-state index contributed by atoms with van der Waals surface area (Å²) in [6.45, 7) is 4.56. The van der Waals surface area contributed by atoms with Crippen molar-refractivity contribution in [1.29, 1.82) is 0 Å². The fraction of sp³-hybridized carbons (Fsp3) is 0.400. The van der Waals surface area contributed by atoms with E-state index in [2.05, 4.69) is 75.3 Å². The molecular weight excluding hydrogens is 314 g/mol. The first-order valence-corrected chi connectivity index (χ1v) is 8.84. The molecule has 1 unspecified atom stereocenters. The smallest absolute Gasteiger partial charge is 0.0951 e. The van der Waals surface area contributed by atoms with Crippen molar-refractivity contribution in [1.82, 2.24) is 9.80 Å². The Bertz CT molecular complexity index is 576. The number of piperazine rings is 1. The van der Waals surface area contributed by atoms with Crippen LogP contribution in [0.3, 0.4) is 0 Å². The molecule has 1 saturated heterocycles. The van der Waals surface area contributed by atoms with Gasteiger partial charge in [-0.2, -0.15) is 0 Å². The molecule has 0 spiro atoms. The highest BCUT2D eigenvalue weighted by Gasteiger charge is 2.26. The van der Waals surface area contributed by atoms with Crippen LogP contribution < -0.4 is 5.90 Å². The van der Waals surface area contributed by atoms with Crippen LogP contribution in [0.1, 0.15) is 17.2 Å². The minimum Gasteiger partial charge on any atom is -0.389 e. The Morgan fingerprint density at radius 3 is 1.88 bits per heavy atom. The van der Waals surface area contributed by atoms with Crippen LogP contribution in [-0.2, 0) is 4.84 Å². The summed E-state index contributed by atoms with van der Waals surface area (Å²) in [6, 6.07) is 21.6. The van der Waals surface area contributed by atoms with E-state index in [1.165, 1.54) is 11.1 Å². The van der Waals surface area contributed by atoms with Gasteiger partial charge in [-0.1, -0.05) is 60.7 Å². The molecule has 3 N–H and O–H groups in total. The summed E-state index contributed by atoms with van der Waals surface area (Å²) < 4.78 is 0. The molecule has 1 aliphatic rings. The van der Waals surface area contributed by atoms with E-state index in [0.717, 1.165) is 26.2 Å². The van der Waals surface area contributed by atoms with Crippen molar-refractivity contribution in [3.63, 3.8) is 0 Å². The van der Waals surface area contributed by atoms with Crippen LogP contribution in [0, 0.1) is 0 Å². The van der Waals surface area contributed by atoms with Crippen molar-refractivity contribution in [3.8, 4) is 0 Å². The predicted molar refractivity (Wildman–Crippen MR) is 98.9 cm³/mol. The van der Waals surface area contributed by atoms with Gasteiger partial charge in [-0.3, -0.25) is 9.80 Å². The molecule has 1 atom stereocenters. The van der Waals surface area contributed by atoms with Crippen molar-refractivity contribution in [2.45, 2.75) is 12.1 Å². The van der Waals surface area contributed by atoms with E-state index in [1.807, 2.05) is 0 Å². The van der Waals surface area contributed by atoms with E-state index in [-0.39, 0.29) is 12.6 Å². The average Bonchev–Trinajstić information content (AvgIpc) is 2.65. The summed E-state index contributed by atoms with van der Waals surface area (Å²) in [6.07, 6.45) is -0.532. The summed E-state index contributed by atoms with van der Waals surface area (Å²) >= 11 is 0. The molecule has 5 nitrogen and oxygen atoms in total. The number of benzene rings is 2. The van der Waals surface area contributed by atoms with E-state index in [0.29, 0.717) is 6.54 Å². The van der Waals surface area contributed by atoms with Gasteiger partial charge in [0.2, 0.25) is 0 Å². The van der Waals surface area contributed by atoms with Gasteiger partial charge in [0.15, 0.2) is 0 Å². The number of hydrogen-bond donors (Lipinski definition) is 2. The Morgan fingerprint density at radius 2 is 1.40 bits per heavy atom. The Morgan fingerprint density at radius 1 is 0.880 bits per heavy atom. The largest absolute Gasteiger partial charge is 0.389 e. The van der Waals surface area contributed by atoms with Crippen molar-refractivity contribution in [3.05, 3.63) is 71.8 Å². The van der Waals surface area contributed by atoms with Crippen LogP contribution >= 0.6 is 0 Å². The molecule has 1 aliphatic heterocycles. The minimum absolute atomic E-state index is 0.177. The zero-order valence-corrected chi connectivity index (χ0v) is 14.5. The van der Waals surface area contributed by atoms with Gasteiger partial charge < -0.3 is 9.94 Å². The molecule has 1 fully saturated rings. The second kappa shape index (κ2) is 9.08. The first-order valence-electron chi connectivity index (χ1n) is 8.84. The number of nitrogens with two attached hydrogens (primary N) is 1. The minimum atomic E-state index is -0.532. The third-order valence-electron chi connectivity index (χ3n) is 4.76. The highest BCUT2D eigenvalue weighted by Crippen LogP contribution is 2.29. The molecule has 0 bridgehead atoms. The molecule has 2 aromatic carbocycles. The van der Waals surface area contributed by atoms with Gasteiger partial charge >= 0.3 is 0 Å². The van der Waals surface area contributed by atoms with E-state index in [1.54, 1.807) is 0 Å². The molecule has 134 valence electrons. The quantitative estimate of drug-likeness (QED) is 0.750. The van der Waals surface area contributed by atoms with Crippen molar-refractivity contribution < 1.29 is 9.94 Å². The third kappa shape index (κ3) is 4.87. The fourth-order valence-electron chi connectivity index (χ4n) is 3.55. The van der Waals surface area contributed by atoms with E-state index in [9.17, 15) is 5.11 Å². The molecule has 3 rings (SSSR count). The highest BCUT2D eigenvalue weighted by atomic mass is 16.6. The maximum Gasteiger partial charge on any atom is 0.0951 e. The second-order valence-electron chi connectivity index (χ2n) is 6.55. The van der Waals surface area contributed by atoms with Crippen molar-refractivity contribution in [2.24, 2.45) is 5.90 Å². The summed E-state index contributed by atoms with van der Waals surface area (Å²) in [5.74, 6) is 5.04. The lowest BCUT2D eigenvalue weighted by Gasteiger charge is -2.40. The Labute approximate surface area is 149 Å². The maximum atomic E-state index is 9.87. The third-order valence-corrected chi connectivity index (χ3v) is 4.76. The molecule has 0 aliphatic carbocycles. The Hall–Kier alpha value is -1.76. The molecule has 2 aromatic rings. The van der Waals surface area contributed by atoms with Gasteiger partial charge in [0, 0.05) is 32.7 Å². The van der Waals surface area contributed by atoms with Crippen molar-refractivity contribution >= 4 is 0 Å². The summed E-state index contributed by atoms with van der Waals surface area (Å²) in [4.78, 5) is 9.32. The summed E-state index contributed by atoms with van der Waals surface area (Å²) in [7, 11) is 0. The van der Waals surface area contributed by atoms with Crippen molar-refractivity contribution in [2.75, 3.05) is 39.3 Å². The molecule has 25 heavy (non-hydrogen) atoms. The van der Waals surface area contributed by atoms with Gasteiger partial charge in [-0.15, -0.1) is 0 Å². The topological polar surface area (TPSA) is 62.0 Å². The van der Waals surface area contributed by atoms with Crippen LogP contribution in [0.4, 0.5) is 0 Å². The normalized spacial score (nSPS) is 17.7. The summed E-state index contributed by atoms with van der Waals surface area (Å²) in [5.41, 5.74) is 2.64. The van der Waals surface area contributed by atoms with Crippen LogP contribution in [-0.4, -0.2) is 60.3 Å². The number of β-amino-alcohol motifs (C(OH)–C–C–N with tert-alkyl or cyclic N) is 1. The number of aliphatic hydroxyl groups is 1. The molecule has 0 radical (unpaired) electrons. The Balaban J connectivity index is 1.69. The highest BCUT2D eigenvalue weighted by molar-refractivity contribution is 5.31. The van der Waals surface area contributed by atoms with Crippen LogP contribution in [0.2, 0.25) is 0 Å². The maximum absolute atomic E-state index is 9.87. The van der Waals surface area contributed by atoms with E-state index >= 15 is 0 Å². The van der Waals surface area contributed by atoms with E-state index < -0.39 is 6.10 Å². The standard InChI is InChI=1S/C20H27N3O2/c21-25-16-19(24)15-22-11-13-23(14-12-22)20(17-7-3-1-4-8-17)18-9-5-2-6-10-18/h1-10,19-20,24H,11-16,21H2. The van der Waals surface area contributed by atoms with Gasteiger partial charge in [0.25, 0.3) is 0 Å². The number of rotatable bonds is 7. The van der Waals surface area contributed by atoms with Gasteiger partial charge in [0.05, 0.1) is 18.8 Å². The zero-order chi connectivity index (χ0) is 17.5. The SMILES string of the molecule is NOCC(O)CN1CCN(C(c2ccccc2)c2ccccc2)CC1. The predicted octanol–water partition coefficient (Wildman–Crippen LogP) is 1.64. The lowest BCUT2D eigenvalue weighted by molar-refractivity contribution is 0.00424. The first-order chi connectivity index (χ1) is 12.3. The van der Waals surface area contributed by atoms with E-state index in [4.69, 9.17) is 5.90 Å². The fourth-order valence-corrected chi connectivity index (χ4v) is 3.55. The van der Waals surface area contributed by atoms with Crippen LogP contribution in [0.15, 0.2) is 60.7 Å². The molecule has 0 amide bonds.